The first-order chi connectivity index (χ1) is 14.9. The molecule has 0 radical (unpaired) electrons. The van der Waals surface area contributed by atoms with Gasteiger partial charge in [-0.1, -0.05) is 37.2 Å². The van der Waals surface area contributed by atoms with E-state index in [1.165, 1.54) is 18.4 Å². The molecule has 0 saturated heterocycles. The Kier molecular flexibility index (Phi) is 7.69. The topological polar surface area (TPSA) is 122 Å². The van der Waals surface area contributed by atoms with E-state index in [4.69, 9.17) is 4.42 Å². The van der Waals surface area contributed by atoms with Gasteiger partial charge in [-0.15, -0.1) is 0 Å². The maximum atomic E-state index is 12.8. The fraction of sp³-hybridized carbons (Fsp3) is 0.286. The molecule has 2 N–H and O–H groups in total. The van der Waals surface area contributed by atoms with Crippen molar-refractivity contribution in [2.75, 3.05) is 5.75 Å². The number of rotatable bonds is 10. The van der Waals surface area contributed by atoms with Gasteiger partial charge in [0.2, 0.25) is 15.7 Å². The monoisotopic (exact) mass is 461 g/mol. The molecule has 1 amide bonds. The summed E-state index contributed by atoms with van der Waals surface area (Å²) in [6, 6.07) is 9.99. The van der Waals surface area contributed by atoms with Crippen molar-refractivity contribution in [3.63, 3.8) is 0 Å². The molecule has 10 heteroatoms. The van der Waals surface area contributed by atoms with Gasteiger partial charge in [-0.25, -0.2) is 13.4 Å². The largest absolute Gasteiger partial charge is 0.467 e. The van der Waals surface area contributed by atoms with E-state index in [0.717, 1.165) is 42.8 Å². The number of amides is 1. The molecule has 164 valence electrons. The van der Waals surface area contributed by atoms with Gasteiger partial charge in [0.05, 0.1) is 29.7 Å². The number of nitrogens with zero attached hydrogens (tertiary/aromatic N) is 1. The molecule has 0 aliphatic carbocycles. The second kappa shape index (κ2) is 10.5. The number of aromatic amines is 1. The van der Waals surface area contributed by atoms with Crippen LogP contribution < -0.4 is 10.9 Å². The molecule has 8 nitrogen and oxygen atoms in total. The van der Waals surface area contributed by atoms with Gasteiger partial charge < -0.3 is 14.7 Å². The minimum absolute atomic E-state index is 0.00890. The first kappa shape index (κ1) is 22.8. The zero-order chi connectivity index (χ0) is 22.3. The molecule has 0 fully saturated rings. The van der Waals surface area contributed by atoms with Crippen molar-refractivity contribution in [1.82, 2.24) is 15.3 Å². The number of aryl methyl sites for hydroxylation is 1. The standard InChI is InChI=1S/C21H23N3O5S2/c1-2-3-5-15-7-9-17(10-8-15)31(27,28)18-13-23-21(24-20(18)26)30-14-19(25)22-12-16-6-4-11-29-16/h4,6-11,13H,2-3,5,12,14H2,1H3,(H,22,25)(H,23,24,26). The smallest absolute Gasteiger partial charge is 0.270 e. The molecule has 2 aromatic heterocycles. The molecule has 3 aromatic rings. The van der Waals surface area contributed by atoms with Crippen molar-refractivity contribution in [1.29, 1.82) is 0 Å². The number of hydrogen-bond acceptors (Lipinski definition) is 7. The molecule has 1 aromatic carbocycles. The number of carbonyl (C=O) groups is 1. The van der Waals surface area contributed by atoms with Crippen molar-refractivity contribution >= 4 is 27.5 Å². The number of thioether (sulfide) groups is 1. The lowest BCUT2D eigenvalue weighted by atomic mass is 10.1. The average molecular weight is 462 g/mol. The van der Waals surface area contributed by atoms with E-state index < -0.39 is 20.3 Å². The predicted molar refractivity (Wildman–Crippen MR) is 117 cm³/mol. The molecule has 0 unspecified atom stereocenters. The van der Waals surface area contributed by atoms with Crippen LogP contribution >= 0.6 is 11.8 Å². The highest BCUT2D eigenvalue weighted by Gasteiger charge is 2.22. The number of H-pyrrole nitrogens is 1. The first-order valence-corrected chi connectivity index (χ1v) is 12.2. The number of unbranched alkanes of at least 4 members (excludes halogenated alkanes) is 1. The molecule has 0 spiro atoms. The van der Waals surface area contributed by atoms with Crippen LogP contribution in [0.25, 0.3) is 0 Å². The van der Waals surface area contributed by atoms with E-state index in [2.05, 4.69) is 22.2 Å². The van der Waals surface area contributed by atoms with Gasteiger partial charge >= 0.3 is 0 Å². The Morgan fingerprint density at radius 2 is 2.00 bits per heavy atom. The predicted octanol–water partition coefficient (Wildman–Crippen LogP) is 2.95. The highest BCUT2D eigenvalue weighted by molar-refractivity contribution is 7.99. The first-order valence-electron chi connectivity index (χ1n) is 9.75. The lowest BCUT2D eigenvalue weighted by Gasteiger charge is -2.07. The lowest BCUT2D eigenvalue weighted by molar-refractivity contribution is -0.118. The normalized spacial score (nSPS) is 11.4. The summed E-state index contributed by atoms with van der Waals surface area (Å²) in [7, 11) is -3.99. The van der Waals surface area contributed by atoms with Gasteiger partial charge in [-0.2, -0.15) is 0 Å². The molecule has 0 aliphatic heterocycles. The van der Waals surface area contributed by atoms with Crippen LogP contribution in [0.1, 0.15) is 31.1 Å². The third-order valence-corrected chi connectivity index (χ3v) is 7.12. The minimum Gasteiger partial charge on any atom is -0.467 e. The Hall–Kier alpha value is -2.85. The van der Waals surface area contributed by atoms with Gasteiger partial charge in [0.15, 0.2) is 10.1 Å². The van der Waals surface area contributed by atoms with Crippen LogP contribution in [0.2, 0.25) is 0 Å². The summed E-state index contributed by atoms with van der Waals surface area (Å²) >= 11 is 1.00. The van der Waals surface area contributed by atoms with Crippen molar-refractivity contribution in [2.24, 2.45) is 0 Å². The zero-order valence-corrected chi connectivity index (χ0v) is 18.6. The second-order valence-electron chi connectivity index (χ2n) is 6.78. The minimum atomic E-state index is -3.99. The van der Waals surface area contributed by atoms with E-state index in [1.807, 2.05) is 0 Å². The van der Waals surface area contributed by atoms with E-state index in [9.17, 15) is 18.0 Å². The molecule has 0 aliphatic rings. The van der Waals surface area contributed by atoms with Gasteiger partial charge in [0.25, 0.3) is 5.56 Å². The number of benzene rings is 1. The second-order valence-corrected chi connectivity index (χ2v) is 9.66. The number of furan rings is 1. The Morgan fingerprint density at radius 1 is 1.23 bits per heavy atom. The van der Waals surface area contributed by atoms with Crippen LogP contribution in [0.15, 0.2) is 73.0 Å². The van der Waals surface area contributed by atoms with E-state index in [1.54, 1.807) is 24.3 Å². The summed E-state index contributed by atoms with van der Waals surface area (Å²) in [5, 5.41) is 2.83. The van der Waals surface area contributed by atoms with Gasteiger partial charge in [-0.3, -0.25) is 9.59 Å². The van der Waals surface area contributed by atoms with Gasteiger partial charge in [0.1, 0.15) is 5.76 Å². The van der Waals surface area contributed by atoms with Crippen LogP contribution in [0.5, 0.6) is 0 Å². The van der Waals surface area contributed by atoms with Crippen molar-refractivity contribution in [3.8, 4) is 0 Å². The Bertz CT molecular complexity index is 1170. The Labute approximate surface area is 184 Å². The van der Waals surface area contributed by atoms with Crippen LogP contribution in [-0.4, -0.2) is 30.0 Å². The third kappa shape index (κ3) is 6.08. The molecular weight excluding hydrogens is 438 g/mol. The molecule has 0 saturated carbocycles. The van der Waals surface area contributed by atoms with Gasteiger partial charge in [-0.05, 0) is 42.7 Å². The zero-order valence-electron chi connectivity index (χ0n) is 17.0. The summed E-state index contributed by atoms with van der Waals surface area (Å²) in [6.07, 6.45) is 5.50. The number of nitrogens with one attached hydrogen (secondary N) is 2. The van der Waals surface area contributed by atoms with E-state index in [-0.39, 0.29) is 28.3 Å². The van der Waals surface area contributed by atoms with Crippen molar-refractivity contribution in [2.45, 2.75) is 47.7 Å². The quantitative estimate of drug-likeness (QED) is 0.352. The summed E-state index contributed by atoms with van der Waals surface area (Å²) in [5.41, 5.74) is 0.272. The number of hydrogen-bond donors (Lipinski definition) is 2. The number of sulfone groups is 1. The SMILES string of the molecule is CCCCc1ccc(S(=O)(=O)c2cnc(SCC(=O)NCc3ccco3)[nH]c2=O)cc1. The van der Waals surface area contributed by atoms with Crippen LogP contribution in [0.4, 0.5) is 0 Å². The van der Waals surface area contributed by atoms with E-state index >= 15 is 0 Å². The fourth-order valence-corrected chi connectivity index (χ4v) is 4.66. The molecule has 0 bridgehead atoms. The van der Waals surface area contributed by atoms with Crippen molar-refractivity contribution in [3.05, 3.63) is 70.5 Å². The summed E-state index contributed by atoms with van der Waals surface area (Å²) in [4.78, 5) is 30.3. The third-order valence-electron chi connectivity index (χ3n) is 4.47. The lowest BCUT2D eigenvalue weighted by Crippen LogP contribution is -2.25. The van der Waals surface area contributed by atoms with Crippen molar-refractivity contribution < 1.29 is 17.6 Å². The van der Waals surface area contributed by atoms with Crippen LogP contribution in [-0.2, 0) is 27.6 Å². The maximum Gasteiger partial charge on any atom is 0.270 e. The molecule has 31 heavy (non-hydrogen) atoms. The fourth-order valence-electron chi connectivity index (χ4n) is 2.76. The highest BCUT2D eigenvalue weighted by atomic mass is 32.2. The molecule has 3 rings (SSSR count). The van der Waals surface area contributed by atoms with Crippen LogP contribution in [0.3, 0.4) is 0 Å². The molecule has 0 atom stereocenters. The molecular formula is C21H23N3O5S2. The highest BCUT2D eigenvalue weighted by Crippen LogP contribution is 2.20. The summed E-state index contributed by atoms with van der Waals surface area (Å²) in [6.45, 7) is 2.35. The number of aromatic nitrogens is 2. The van der Waals surface area contributed by atoms with Crippen LogP contribution in [0, 0.1) is 0 Å². The number of carbonyl (C=O) groups excluding carboxylic acids is 1. The Balaban J connectivity index is 1.64. The Morgan fingerprint density at radius 3 is 2.65 bits per heavy atom. The van der Waals surface area contributed by atoms with E-state index in [0.29, 0.717) is 5.76 Å². The summed E-state index contributed by atoms with van der Waals surface area (Å²) in [5.74, 6) is 0.358. The van der Waals surface area contributed by atoms with Gasteiger partial charge in [0, 0.05) is 0 Å². The maximum absolute atomic E-state index is 12.8. The average Bonchev–Trinajstić information content (AvgIpc) is 3.28. The molecule has 2 heterocycles. The summed E-state index contributed by atoms with van der Waals surface area (Å²) < 4.78 is 30.8.